The summed E-state index contributed by atoms with van der Waals surface area (Å²) in [5.41, 5.74) is 0. The zero-order chi connectivity index (χ0) is 9.28. The van der Waals surface area contributed by atoms with Crippen LogP contribution in [-0.2, 0) is 0 Å². The monoisotopic (exact) mass is 164 g/mol. The lowest BCUT2D eigenvalue weighted by molar-refractivity contribution is -0.482. The standard InChI is InChI=1S/C2H5NO3.C2H3NO2/c4-2-1-3(5)6;1-2-3(4)5/h4H,1-2H2;2H,1H2. The van der Waals surface area contributed by atoms with E-state index >= 15 is 0 Å². The summed E-state index contributed by atoms with van der Waals surface area (Å²) in [6.07, 6.45) is 0.639. The maximum atomic E-state index is 9.24. The zero-order valence-corrected chi connectivity index (χ0v) is 5.67. The van der Waals surface area contributed by atoms with Crippen LogP contribution in [0.25, 0.3) is 0 Å². The molecule has 0 amide bonds. The Labute approximate surface area is 62.3 Å². The molecule has 7 nitrogen and oxygen atoms in total. The van der Waals surface area contributed by atoms with Gasteiger partial charge in [-0.3, -0.25) is 20.2 Å². The van der Waals surface area contributed by atoms with Gasteiger partial charge in [0, 0.05) is 4.92 Å². The van der Waals surface area contributed by atoms with Crippen LogP contribution in [0.4, 0.5) is 0 Å². The molecule has 0 aliphatic carbocycles. The van der Waals surface area contributed by atoms with Gasteiger partial charge >= 0.3 is 0 Å². The molecule has 1 N–H and O–H groups in total. The van der Waals surface area contributed by atoms with Crippen molar-refractivity contribution in [3.8, 4) is 0 Å². The van der Waals surface area contributed by atoms with E-state index in [1.54, 1.807) is 0 Å². The van der Waals surface area contributed by atoms with E-state index < -0.39 is 9.85 Å². The number of hydrogen-bond acceptors (Lipinski definition) is 5. The Balaban J connectivity index is 0. The lowest BCUT2D eigenvalue weighted by atomic mass is 10.7. The van der Waals surface area contributed by atoms with Crippen molar-refractivity contribution in [3.63, 3.8) is 0 Å². The Morgan fingerprint density at radius 1 is 1.45 bits per heavy atom. The molecule has 0 aliphatic heterocycles. The minimum atomic E-state index is -0.611. The first-order valence-electron chi connectivity index (χ1n) is 2.53. The lowest BCUT2D eigenvalue weighted by Crippen LogP contribution is -2.03. The summed E-state index contributed by atoms with van der Waals surface area (Å²) in [5, 5.41) is 26.1. The first-order valence-corrected chi connectivity index (χ1v) is 2.53. The van der Waals surface area contributed by atoms with Gasteiger partial charge in [-0.1, -0.05) is 0 Å². The highest BCUT2D eigenvalue weighted by Crippen LogP contribution is 1.60. The van der Waals surface area contributed by atoms with E-state index in [1.165, 1.54) is 0 Å². The zero-order valence-electron chi connectivity index (χ0n) is 5.67. The molecule has 0 spiro atoms. The molecule has 0 bridgehead atoms. The third kappa shape index (κ3) is 29.3. The van der Waals surface area contributed by atoms with E-state index in [0.717, 1.165) is 0 Å². The number of rotatable bonds is 3. The summed E-state index contributed by atoms with van der Waals surface area (Å²) in [4.78, 5) is 17.1. The summed E-state index contributed by atoms with van der Waals surface area (Å²) in [5.74, 6) is 0. The molecule has 0 rings (SSSR count). The van der Waals surface area contributed by atoms with Gasteiger partial charge in [0.15, 0.2) is 0 Å². The van der Waals surface area contributed by atoms with E-state index in [2.05, 4.69) is 6.58 Å². The molecule has 0 aromatic rings. The number of nitro groups is 2. The van der Waals surface area contributed by atoms with Gasteiger partial charge in [0.2, 0.25) is 12.7 Å². The topological polar surface area (TPSA) is 107 Å². The molecule has 0 unspecified atom stereocenters. The van der Waals surface area contributed by atoms with Crippen molar-refractivity contribution in [3.05, 3.63) is 33.0 Å². The number of nitrogens with zero attached hydrogens (tertiary/aromatic N) is 2. The third-order valence-electron chi connectivity index (χ3n) is 0.432. The molecule has 11 heavy (non-hydrogen) atoms. The Morgan fingerprint density at radius 3 is 1.82 bits per heavy atom. The average Bonchev–Trinajstić information content (AvgIpc) is 1.89. The molecule has 64 valence electrons. The maximum Gasteiger partial charge on any atom is 0.227 e. The maximum absolute atomic E-state index is 9.24. The summed E-state index contributed by atoms with van der Waals surface area (Å²) in [7, 11) is 0. The molecular formula is C4H8N2O5. The highest BCUT2D eigenvalue weighted by Gasteiger charge is 1.87. The van der Waals surface area contributed by atoms with Gasteiger partial charge in [0.25, 0.3) is 0 Å². The van der Waals surface area contributed by atoms with E-state index in [9.17, 15) is 10.1 Å². The Bertz CT molecular complexity index is 145. The SMILES string of the molecule is C=C[N+](=O)[O-].O=[N+]([O-])CCO. The van der Waals surface area contributed by atoms with Crippen LogP contribution in [0, 0.1) is 20.2 Å². The second kappa shape index (κ2) is 8.50. The van der Waals surface area contributed by atoms with Crippen molar-refractivity contribution >= 4 is 0 Å². The number of aliphatic hydroxyl groups is 1. The smallest absolute Gasteiger partial charge is 0.227 e. The average molecular weight is 164 g/mol. The summed E-state index contributed by atoms with van der Waals surface area (Å²) < 4.78 is 0. The van der Waals surface area contributed by atoms with Crippen LogP contribution in [0.3, 0.4) is 0 Å². The van der Waals surface area contributed by atoms with Crippen molar-refractivity contribution in [1.29, 1.82) is 0 Å². The van der Waals surface area contributed by atoms with Gasteiger partial charge < -0.3 is 5.11 Å². The van der Waals surface area contributed by atoms with Crippen molar-refractivity contribution < 1.29 is 15.0 Å². The van der Waals surface area contributed by atoms with Gasteiger partial charge in [-0.15, -0.1) is 0 Å². The normalized spacial score (nSPS) is 7.36. The van der Waals surface area contributed by atoms with E-state index in [0.29, 0.717) is 6.20 Å². The lowest BCUT2D eigenvalue weighted by Gasteiger charge is -1.80. The second-order valence-corrected chi connectivity index (χ2v) is 1.25. The van der Waals surface area contributed by atoms with Crippen LogP contribution in [0.2, 0.25) is 0 Å². The first-order chi connectivity index (χ1) is 5.04. The Morgan fingerprint density at radius 2 is 1.82 bits per heavy atom. The van der Waals surface area contributed by atoms with Crippen molar-refractivity contribution in [2.24, 2.45) is 0 Å². The molecule has 0 aliphatic rings. The molecule has 0 saturated carbocycles. The fourth-order valence-electron chi connectivity index (χ4n) is 0.0816. The van der Waals surface area contributed by atoms with Crippen LogP contribution >= 0.6 is 0 Å². The predicted octanol–water partition coefficient (Wildman–Crippen LogP) is -0.338. The van der Waals surface area contributed by atoms with Crippen LogP contribution in [0.15, 0.2) is 12.8 Å². The van der Waals surface area contributed by atoms with Crippen LogP contribution in [-0.4, -0.2) is 28.1 Å². The minimum Gasteiger partial charge on any atom is -0.390 e. The van der Waals surface area contributed by atoms with Crippen molar-refractivity contribution in [1.82, 2.24) is 0 Å². The highest BCUT2D eigenvalue weighted by molar-refractivity contribution is 4.43. The Kier molecular flexibility index (Phi) is 9.43. The van der Waals surface area contributed by atoms with Gasteiger partial charge in [0.1, 0.15) is 6.61 Å². The quantitative estimate of drug-likeness (QED) is 0.453. The molecule has 0 fully saturated rings. The van der Waals surface area contributed by atoms with Gasteiger partial charge in [-0.25, -0.2) is 0 Å². The molecule has 0 radical (unpaired) electrons. The molecule has 0 saturated heterocycles. The molecule has 0 aromatic heterocycles. The second-order valence-electron chi connectivity index (χ2n) is 1.25. The highest BCUT2D eigenvalue weighted by atomic mass is 16.6. The van der Waals surface area contributed by atoms with E-state index in [-0.39, 0.29) is 13.2 Å². The predicted molar refractivity (Wildman–Crippen MR) is 36.1 cm³/mol. The fourth-order valence-corrected chi connectivity index (χ4v) is 0.0816. The summed E-state index contributed by atoms with van der Waals surface area (Å²) in [6.45, 7) is 2.15. The number of hydrogen-bond donors (Lipinski definition) is 1. The third-order valence-corrected chi connectivity index (χ3v) is 0.432. The molecule has 0 atom stereocenters. The Hall–Kier alpha value is -1.50. The summed E-state index contributed by atoms with van der Waals surface area (Å²) >= 11 is 0. The van der Waals surface area contributed by atoms with Crippen LogP contribution in [0.1, 0.15) is 0 Å². The van der Waals surface area contributed by atoms with Crippen LogP contribution < -0.4 is 0 Å². The van der Waals surface area contributed by atoms with E-state index in [4.69, 9.17) is 15.2 Å². The van der Waals surface area contributed by atoms with Crippen molar-refractivity contribution in [2.75, 3.05) is 13.2 Å². The molecular weight excluding hydrogens is 156 g/mol. The summed E-state index contributed by atoms with van der Waals surface area (Å²) in [6, 6.07) is 0. The first kappa shape index (κ1) is 12.2. The largest absolute Gasteiger partial charge is 0.390 e. The van der Waals surface area contributed by atoms with Crippen LogP contribution in [0.5, 0.6) is 0 Å². The molecule has 0 aromatic carbocycles. The molecule has 7 heteroatoms. The number of aliphatic hydroxyl groups excluding tert-OH is 1. The van der Waals surface area contributed by atoms with Gasteiger partial charge in [-0.05, 0) is 6.58 Å². The van der Waals surface area contributed by atoms with E-state index in [1.807, 2.05) is 0 Å². The van der Waals surface area contributed by atoms with Crippen molar-refractivity contribution in [2.45, 2.75) is 0 Å². The van der Waals surface area contributed by atoms with Gasteiger partial charge in [-0.2, -0.15) is 0 Å². The minimum absolute atomic E-state index is 0.347. The van der Waals surface area contributed by atoms with Gasteiger partial charge in [0.05, 0.1) is 4.92 Å². The molecule has 0 heterocycles. The fraction of sp³-hybridized carbons (Fsp3) is 0.500.